The van der Waals surface area contributed by atoms with Crippen LogP contribution in [0.15, 0.2) is 24.3 Å². The number of nitrogens with two attached hydrogens (primary N) is 1. The van der Waals surface area contributed by atoms with Crippen molar-refractivity contribution in [3.8, 4) is 5.75 Å². The number of hydrogen-bond donors (Lipinski definition) is 1. The summed E-state index contributed by atoms with van der Waals surface area (Å²) in [5.41, 5.74) is 6.94. The summed E-state index contributed by atoms with van der Waals surface area (Å²) in [5.74, 6) is 1.57. The summed E-state index contributed by atoms with van der Waals surface area (Å²) in [7, 11) is 0. The fraction of sp³-hybridized carbons (Fsp3) is 0.571. The van der Waals surface area contributed by atoms with Gasteiger partial charge in [0, 0.05) is 19.3 Å². The highest BCUT2D eigenvalue weighted by Gasteiger charge is 2.14. The predicted octanol–water partition coefficient (Wildman–Crippen LogP) is 2.51. The molecule has 2 rings (SSSR count). The maximum Gasteiger partial charge on any atom is 0.119 e. The van der Waals surface area contributed by atoms with Crippen molar-refractivity contribution >= 4 is 0 Å². The fourth-order valence-electron chi connectivity index (χ4n) is 1.99. The Balaban J connectivity index is 1.82. The summed E-state index contributed by atoms with van der Waals surface area (Å²) in [6.45, 7) is 4.52. The third kappa shape index (κ3) is 3.72. The highest BCUT2D eigenvalue weighted by atomic mass is 16.5. The average molecular weight is 235 g/mol. The summed E-state index contributed by atoms with van der Waals surface area (Å²) < 4.78 is 11.1. The average Bonchev–Trinajstić information content (AvgIpc) is 2.38. The van der Waals surface area contributed by atoms with Crippen LogP contribution in [0, 0.1) is 5.92 Å². The monoisotopic (exact) mass is 235 g/mol. The van der Waals surface area contributed by atoms with Crippen LogP contribution in [0.5, 0.6) is 5.75 Å². The number of ether oxygens (including phenoxy) is 2. The normalized spacial score (nSPS) is 18.9. The standard InChI is InChI=1S/C14H21NO2/c1-11(15)13-2-4-14(5-3-13)17-10-12-6-8-16-9-7-12/h2-5,11-12H,6-10,15H2,1H3/t11-/m1/s1. The molecule has 1 saturated heterocycles. The molecule has 1 aromatic carbocycles. The molecule has 0 bridgehead atoms. The van der Waals surface area contributed by atoms with Gasteiger partial charge in [0.1, 0.15) is 5.75 Å². The van der Waals surface area contributed by atoms with Crippen molar-refractivity contribution < 1.29 is 9.47 Å². The minimum absolute atomic E-state index is 0.0829. The SMILES string of the molecule is C[C@@H](N)c1ccc(OCC2CCOCC2)cc1. The quantitative estimate of drug-likeness (QED) is 0.872. The van der Waals surface area contributed by atoms with Gasteiger partial charge in [-0.1, -0.05) is 12.1 Å². The lowest BCUT2D eigenvalue weighted by atomic mass is 10.0. The Labute approximate surface area is 103 Å². The van der Waals surface area contributed by atoms with Crippen LogP contribution >= 0.6 is 0 Å². The van der Waals surface area contributed by atoms with Crippen molar-refractivity contribution in [3.63, 3.8) is 0 Å². The van der Waals surface area contributed by atoms with E-state index in [2.05, 4.69) is 0 Å². The van der Waals surface area contributed by atoms with Crippen LogP contribution in [0.1, 0.15) is 31.4 Å². The molecule has 17 heavy (non-hydrogen) atoms. The van der Waals surface area contributed by atoms with Gasteiger partial charge in [-0.3, -0.25) is 0 Å². The van der Waals surface area contributed by atoms with E-state index in [1.54, 1.807) is 0 Å². The Kier molecular flexibility index (Phi) is 4.40. The van der Waals surface area contributed by atoms with E-state index in [0.29, 0.717) is 5.92 Å². The molecule has 1 aliphatic heterocycles. The molecule has 0 spiro atoms. The molecule has 3 heteroatoms. The highest BCUT2D eigenvalue weighted by molar-refractivity contribution is 5.28. The summed E-state index contributed by atoms with van der Waals surface area (Å²) in [5, 5.41) is 0. The van der Waals surface area contributed by atoms with Gasteiger partial charge in [0.15, 0.2) is 0 Å². The fourth-order valence-corrected chi connectivity index (χ4v) is 1.99. The molecule has 0 aromatic heterocycles. The van der Waals surface area contributed by atoms with Crippen molar-refractivity contribution in [3.05, 3.63) is 29.8 Å². The molecule has 0 radical (unpaired) electrons. The van der Waals surface area contributed by atoms with Crippen LogP contribution < -0.4 is 10.5 Å². The van der Waals surface area contributed by atoms with Crippen LogP contribution in [0.2, 0.25) is 0 Å². The third-order valence-electron chi connectivity index (χ3n) is 3.23. The Morgan fingerprint density at radius 3 is 2.53 bits per heavy atom. The van der Waals surface area contributed by atoms with Crippen molar-refractivity contribution in [2.75, 3.05) is 19.8 Å². The van der Waals surface area contributed by atoms with Gasteiger partial charge in [-0.15, -0.1) is 0 Å². The topological polar surface area (TPSA) is 44.5 Å². The van der Waals surface area contributed by atoms with Crippen molar-refractivity contribution in [1.82, 2.24) is 0 Å². The van der Waals surface area contributed by atoms with Crippen LogP contribution in [-0.2, 0) is 4.74 Å². The van der Waals surface area contributed by atoms with E-state index >= 15 is 0 Å². The van der Waals surface area contributed by atoms with Crippen LogP contribution in [0.25, 0.3) is 0 Å². The molecule has 0 saturated carbocycles. The Morgan fingerprint density at radius 2 is 1.94 bits per heavy atom. The van der Waals surface area contributed by atoms with Gasteiger partial charge in [-0.05, 0) is 43.4 Å². The zero-order valence-electron chi connectivity index (χ0n) is 10.4. The van der Waals surface area contributed by atoms with Crippen LogP contribution in [-0.4, -0.2) is 19.8 Å². The zero-order chi connectivity index (χ0) is 12.1. The van der Waals surface area contributed by atoms with E-state index in [0.717, 1.165) is 44.0 Å². The van der Waals surface area contributed by atoms with E-state index in [-0.39, 0.29) is 6.04 Å². The molecule has 3 nitrogen and oxygen atoms in total. The second-order valence-electron chi connectivity index (χ2n) is 4.72. The molecule has 1 aliphatic rings. The molecular formula is C14H21NO2. The lowest BCUT2D eigenvalue weighted by Gasteiger charge is -2.22. The molecule has 1 atom stereocenters. The number of hydrogen-bond acceptors (Lipinski definition) is 3. The third-order valence-corrected chi connectivity index (χ3v) is 3.23. The number of benzene rings is 1. The van der Waals surface area contributed by atoms with E-state index in [1.165, 1.54) is 0 Å². The van der Waals surface area contributed by atoms with E-state index in [4.69, 9.17) is 15.2 Å². The molecule has 0 aliphatic carbocycles. The first kappa shape index (κ1) is 12.4. The smallest absolute Gasteiger partial charge is 0.119 e. The lowest BCUT2D eigenvalue weighted by Crippen LogP contribution is -2.21. The predicted molar refractivity (Wildman–Crippen MR) is 68.1 cm³/mol. The van der Waals surface area contributed by atoms with Crippen molar-refractivity contribution in [1.29, 1.82) is 0 Å². The minimum atomic E-state index is 0.0829. The van der Waals surface area contributed by atoms with Crippen LogP contribution in [0.4, 0.5) is 0 Å². The van der Waals surface area contributed by atoms with Crippen molar-refractivity contribution in [2.45, 2.75) is 25.8 Å². The van der Waals surface area contributed by atoms with Gasteiger partial charge in [0.25, 0.3) is 0 Å². The molecule has 1 heterocycles. The van der Waals surface area contributed by atoms with Gasteiger partial charge >= 0.3 is 0 Å². The van der Waals surface area contributed by atoms with Gasteiger partial charge in [0.2, 0.25) is 0 Å². The molecule has 94 valence electrons. The van der Waals surface area contributed by atoms with Gasteiger partial charge in [-0.2, -0.15) is 0 Å². The summed E-state index contributed by atoms with van der Waals surface area (Å²) in [6, 6.07) is 8.14. The summed E-state index contributed by atoms with van der Waals surface area (Å²) in [4.78, 5) is 0. The van der Waals surface area contributed by atoms with E-state index < -0.39 is 0 Å². The molecule has 1 fully saturated rings. The first-order valence-electron chi connectivity index (χ1n) is 6.32. The largest absolute Gasteiger partial charge is 0.493 e. The molecule has 0 unspecified atom stereocenters. The van der Waals surface area contributed by atoms with Gasteiger partial charge in [0.05, 0.1) is 6.61 Å². The zero-order valence-corrected chi connectivity index (χ0v) is 10.4. The summed E-state index contributed by atoms with van der Waals surface area (Å²) in [6.07, 6.45) is 2.22. The lowest BCUT2D eigenvalue weighted by molar-refractivity contribution is 0.0497. The first-order chi connectivity index (χ1) is 8.25. The molecule has 2 N–H and O–H groups in total. The van der Waals surface area contributed by atoms with Crippen LogP contribution in [0.3, 0.4) is 0 Å². The highest BCUT2D eigenvalue weighted by Crippen LogP contribution is 2.19. The Hall–Kier alpha value is -1.06. The molecule has 1 aromatic rings. The Bertz CT molecular complexity index is 329. The second-order valence-corrected chi connectivity index (χ2v) is 4.72. The second kappa shape index (κ2) is 6.03. The van der Waals surface area contributed by atoms with E-state index in [9.17, 15) is 0 Å². The van der Waals surface area contributed by atoms with Crippen molar-refractivity contribution in [2.24, 2.45) is 11.7 Å². The maximum absolute atomic E-state index is 5.80. The molecule has 0 amide bonds. The van der Waals surface area contributed by atoms with E-state index in [1.807, 2.05) is 31.2 Å². The van der Waals surface area contributed by atoms with Gasteiger partial charge < -0.3 is 15.2 Å². The molecular weight excluding hydrogens is 214 g/mol. The number of rotatable bonds is 4. The minimum Gasteiger partial charge on any atom is -0.493 e. The maximum atomic E-state index is 5.80. The summed E-state index contributed by atoms with van der Waals surface area (Å²) >= 11 is 0. The van der Waals surface area contributed by atoms with Gasteiger partial charge in [-0.25, -0.2) is 0 Å². The Morgan fingerprint density at radius 1 is 1.29 bits per heavy atom. The first-order valence-corrected chi connectivity index (χ1v) is 6.32.